The van der Waals surface area contributed by atoms with Crippen molar-refractivity contribution in [3.05, 3.63) is 23.8 Å². The molecule has 0 bridgehead atoms. The first-order valence-electron chi connectivity index (χ1n) is 13.5. The van der Waals surface area contributed by atoms with E-state index < -0.39 is 0 Å². The number of hydrogen-bond donors (Lipinski definition) is 1. The van der Waals surface area contributed by atoms with Gasteiger partial charge in [-0.2, -0.15) is 0 Å². The number of hydrogen-bond acceptors (Lipinski definition) is 1. The molecule has 0 saturated heterocycles. The first kappa shape index (κ1) is 23.6. The first-order chi connectivity index (χ1) is 14.5. The van der Waals surface area contributed by atoms with Gasteiger partial charge >= 0.3 is 0 Å². The van der Waals surface area contributed by atoms with Crippen LogP contribution in [0.5, 0.6) is 0 Å². The summed E-state index contributed by atoms with van der Waals surface area (Å²) in [5, 5.41) is 10.6. The summed E-state index contributed by atoms with van der Waals surface area (Å²) in [5.74, 6) is 4.13. The van der Waals surface area contributed by atoms with Crippen LogP contribution in [0.25, 0.3) is 0 Å². The Kier molecular flexibility index (Phi) is 6.11. The lowest BCUT2D eigenvalue weighted by Gasteiger charge is -2.62. The lowest BCUT2D eigenvalue weighted by Crippen LogP contribution is -2.55. The molecule has 4 aliphatic carbocycles. The third kappa shape index (κ3) is 3.43. The van der Waals surface area contributed by atoms with Crippen molar-refractivity contribution in [1.82, 2.24) is 0 Å². The van der Waals surface area contributed by atoms with Crippen molar-refractivity contribution in [3.8, 4) is 0 Å². The van der Waals surface area contributed by atoms with Crippen LogP contribution in [0.15, 0.2) is 23.8 Å². The molecule has 31 heavy (non-hydrogen) atoms. The molecular formula is C30H50O. The minimum Gasteiger partial charge on any atom is -0.393 e. The zero-order chi connectivity index (χ0) is 22.8. The van der Waals surface area contributed by atoms with Crippen LogP contribution >= 0.6 is 0 Å². The minimum absolute atomic E-state index is 0.0861. The van der Waals surface area contributed by atoms with Crippen molar-refractivity contribution < 1.29 is 5.11 Å². The third-order valence-electron chi connectivity index (χ3n) is 11.9. The molecule has 0 amide bonds. The molecule has 0 heterocycles. The van der Waals surface area contributed by atoms with E-state index in [1.54, 1.807) is 0 Å². The minimum atomic E-state index is -0.0861. The van der Waals surface area contributed by atoms with Gasteiger partial charge in [0.1, 0.15) is 0 Å². The molecule has 0 aromatic heterocycles. The van der Waals surface area contributed by atoms with E-state index in [4.69, 9.17) is 0 Å². The van der Waals surface area contributed by atoms with E-state index in [9.17, 15) is 5.11 Å². The van der Waals surface area contributed by atoms with Crippen molar-refractivity contribution >= 4 is 0 Å². The van der Waals surface area contributed by atoms with Crippen LogP contribution in [0.3, 0.4) is 0 Å². The van der Waals surface area contributed by atoms with E-state index >= 15 is 0 Å². The number of aliphatic hydroxyl groups excluding tert-OH is 1. The maximum absolute atomic E-state index is 10.6. The van der Waals surface area contributed by atoms with Gasteiger partial charge in [0.2, 0.25) is 0 Å². The Hall–Kier alpha value is -0.560. The third-order valence-corrected chi connectivity index (χ3v) is 11.9. The average Bonchev–Trinajstić information content (AvgIpc) is 3.00. The van der Waals surface area contributed by atoms with Gasteiger partial charge in [-0.3, -0.25) is 0 Å². The Labute approximate surface area is 193 Å². The molecule has 0 radical (unpaired) electrons. The second kappa shape index (κ2) is 8.03. The smallest absolute Gasteiger partial charge is 0.0569 e. The second-order valence-electron chi connectivity index (χ2n) is 13.3. The van der Waals surface area contributed by atoms with Gasteiger partial charge in [-0.25, -0.2) is 0 Å². The van der Waals surface area contributed by atoms with Crippen LogP contribution in [0.1, 0.15) is 106 Å². The van der Waals surface area contributed by atoms with E-state index in [0.717, 1.165) is 24.2 Å². The zero-order valence-electron chi connectivity index (χ0n) is 21.6. The van der Waals surface area contributed by atoms with Crippen LogP contribution < -0.4 is 0 Å². The molecular weight excluding hydrogens is 376 g/mol. The lowest BCUT2D eigenvalue weighted by atomic mass is 9.43. The standard InChI is InChI=1S/C30H50O/c1-19(2)20(3)9-10-21(4)23-13-17-30(8)26-12-11-24-22(5)27(31)15-16-28(24,6)25(26)14-18-29(23,30)7/h14,19,21-24,26-27,31H,3,9-13,15-18H2,1-2,4-8H3/t21-,22?,23-,24+,26?,27+,28+,29-,30+/m1/s1. The van der Waals surface area contributed by atoms with Crippen LogP contribution in [0, 0.1) is 51.8 Å². The summed E-state index contributed by atoms with van der Waals surface area (Å²) in [7, 11) is 0. The Morgan fingerprint density at radius 1 is 1.06 bits per heavy atom. The molecule has 2 unspecified atom stereocenters. The molecule has 0 aliphatic heterocycles. The molecule has 0 aromatic carbocycles. The summed E-state index contributed by atoms with van der Waals surface area (Å²) in [6.45, 7) is 21.7. The SMILES string of the molecule is C=C(CC[C@@H](C)[C@H]1CC[C@@]2(C)C3CC[C@H]4C(C)[C@@H](O)CC[C@]4(C)C3=CC[C@]12C)C(C)C. The number of fused-ring (bicyclic) bond motifs is 5. The molecule has 1 N–H and O–H groups in total. The fourth-order valence-corrected chi connectivity index (χ4v) is 9.20. The Morgan fingerprint density at radius 2 is 1.77 bits per heavy atom. The highest BCUT2D eigenvalue weighted by atomic mass is 16.3. The number of aliphatic hydroxyl groups is 1. The van der Waals surface area contributed by atoms with Crippen LogP contribution in [-0.2, 0) is 0 Å². The molecule has 176 valence electrons. The van der Waals surface area contributed by atoms with E-state index in [0.29, 0.717) is 34.0 Å². The van der Waals surface area contributed by atoms with Crippen LogP contribution in [0.2, 0.25) is 0 Å². The van der Waals surface area contributed by atoms with Gasteiger partial charge in [-0.15, -0.1) is 0 Å². The average molecular weight is 427 g/mol. The van der Waals surface area contributed by atoms with E-state index in [-0.39, 0.29) is 6.10 Å². The van der Waals surface area contributed by atoms with E-state index in [1.807, 2.05) is 5.57 Å². The van der Waals surface area contributed by atoms with Gasteiger partial charge in [-0.1, -0.05) is 72.3 Å². The van der Waals surface area contributed by atoms with Gasteiger partial charge in [0, 0.05) is 0 Å². The summed E-state index contributed by atoms with van der Waals surface area (Å²) in [4.78, 5) is 0. The molecule has 1 heteroatoms. The van der Waals surface area contributed by atoms with Crippen molar-refractivity contribution in [2.75, 3.05) is 0 Å². The summed E-state index contributed by atoms with van der Waals surface area (Å²) in [6, 6.07) is 0. The quantitative estimate of drug-likeness (QED) is 0.439. The van der Waals surface area contributed by atoms with E-state index in [2.05, 4.69) is 61.1 Å². The molecule has 4 aliphatic rings. The van der Waals surface area contributed by atoms with Gasteiger partial charge in [0.25, 0.3) is 0 Å². The summed E-state index contributed by atoms with van der Waals surface area (Å²) in [6.07, 6.45) is 14.1. The van der Waals surface area contributed by atoms with E-state index in [1.165, 1.54) is 56.9 Å². The highest BCUT2D eigenvalue weighted by molar-refractivity contribution is 5.32. The van der Waals surface area contributed by atoms with Crippen molar-refractivity contribution in [1.29, 1.82) is 0 Å². The fourth-order valence-electron chi connectivity index (χ4n) is 9.20. The Balaban J connectivity index is 1.59. The van der Waals surface area contributed by atoms with Gasteiger partial charge in [-0.05, 0) is 110 Å². The Bertz CT molecular complexity index is 733. The molecule has 3 saturated carbocycles. The summed E-state index contributed by atoms with van der Waals surface area (Å²) < 4.78 is 0. The predicted molar refractivity (Wildman–Crippen MR) is 133 cm³/mol. The van der Waals surface area contributed by atoms with Gasteiger partial charge in [0.15, 0.2) is 0 Å². The lowest BCUT2D eigenvalue weighted by molar-refractivity contribution is -0.0779. The maximum Gasteiger partial charge on any atom is 0.0569 e. The largest absolute Gasteiger partial charge is 0.393 e. The van der Waals surface area contributed by atoms with Crippen molar-refractivity contribution in [3.63, 3.8) is 0 Å². The molecule has 3 fully saturated rings. The monoisotopic (exact) mass is 426 g/mol. The highest BCUT2D eigenvalue weighted by Crippen LogP contribution is 2.72. The first-order valence-corrected chi connectivity index (χ1v) is 13.5. The maximum atomic E-state index is 10.6. The molecule has 9 atom stereocenters. The number of rotatable bonds is 5. The Morgan fingerprint density at radius 3 is 2.45 bits per heavy atom. The normalized spacial score (nSPS) is 47.9. The van der Waals surface area contributed by atoms with Crippen molar-refractivity contribution in [2.45, 2.75) is 112 Å². The fraction of sp³-hybridized carbons (Fsp3) is 0.867. The van der Waals surface area contributed by atoms with Gasteiger partial charge < -0.3 is 5.11 Å². The molecule has 1 nitrogen and oxygen atoms in total. The summed E-state index contributed by atoms with van der Waals surface area (Å²) >= 11 is 0. The topological polar surface area (TPSA) is 20.2 Å². The molecule has 4 rings (SSSR count). The summed E-state index contributed by atoms with van der Waals surface area (Å²) in [5.41, 5.74) is 4.44. The van der Waals surface area contributed by atoms with Crippen molar-refractivity contribution in [2.24, 2.45) is 51.8 Å². The predicted octanol–water partition coefficient (Wildman–Crippen LogP) is 8.19. The zero-order valence-corrected chi connectivity index (χ0v) is 21.6. The molecule has 0 spiro atoms. The molecule has 0 aromatic rings. The van der Waals surface area contributed by atoms with Gasteiger partial charge in [0.05, 0.1) is 6.10 Å². The van der Waals surface area contributed by atoms with Crippen LogP contribution in [-0.4, -0.2) is 11.2 Å². The second-order valence-corrected chi connectivity index (χ2v) is 13.3. The number of allylic oxidation sites excluding steroid dienone is 3. The highest BCUT2D eigenvalue weighted by Gasteiger charge is 2.63. The van der Waals surface area contributed by atoms with Crippen LogP contribution in [0.4, 0.5) is 0 Å².